The summed E-state index contributed by atoms with van der Waals surface area (Å²) in [6.07, 6.45) is 0. The summed E-state index contributed by atoms with van der Waals surface area (Å²) in [4.78, 5) is 0. The van der Waals surface area contributed by atoms with Crippen LogP contribution in [0.2, 0.25) is 0 Å². The van der Waals surface area contributed by atoms with Crippen LogP contribution >= 0.6 is 15.9 Å². The standard InChI is InChI=1S/C11H15BrN2O/c1-11(2,3)15-8-6-4-5-7(12)9(8)10(13)14/h4-6H,1-3H3,(H3,13,14). The minimum Gasteiger partial charge on any atom is -0.487 e. The van der Waals surface area contributed by atoms with E-state index in [1.165, 1.54) is 0 Å². The molecule has 0 saturated heterocycles. The van der Waals surface area contributed by atoms with Gasteiger partial charge in [-0.05, 0) is 48.8 Å². The highest BCUT2D eigenvalue weighted by Crippen LogP contribution is 2.28. The van der Waals surface area contributed by atoms with Crippen LogP contribution in [0.1, 0.15) is 26.3 Å². The van der Waals surface area contributed by atoms with Gasteiger partial charge in [0.1, 0.15) is 17.2 Å². The van der Waals surface area contributed by atoms with E-state index in [-0.39, 0.29) is 11.4 Å². The molecule has 1 rings (SSSR count). The molecule has 82 valence electrons. The predicted octanol–water partition coefficient (Wildman–Crippen LogP) is 2.91. The second-order valence-electron chi connectivity index (χ2n) is 4.24. The van der Waals surface area contributed by atoms with Crippen LogP contribution in [0.15, 0.2) is 22.7 Å². The zero-order valence-electron chi connectivity index (χ0n) is 9.10. The summed E-state index contributed by atoms with van der Waals surface area (Å²) in [5, 5.41) is 7.49. The van der Waals surface area contributed by atoms with Crippen LogP contribution in [-0.4, -0.2) is 11.4 Å². The number of benzene rings is 1. The van der Waals surface area contributed by atoms with E-state index in [9.17, 15) is 0 Å². The Morgan fingerprint density at radius 3 is 2.47 bits per heavy atom. The average Bonchev–Trinajstić information content (AvgIpc) is 1.99. The van der Waals surface area contributed by atoms with Crippen LogP contribution in [0.3, 0.4) is 0 Å². The first-order valence-electron chi connectivity index (χ1n) is 4.63. The zero-order chi connectivity index (χ0) is 11.6. The van der Waals surface area contributed by atoms with E-state index < -0.39 is 0 Å². The summed E-state index contributed by atoms with van der Waals surface area (Å²) in [6, 6.07) is 5.51. The third-order valence-corrected chi connectivity index (χ3v) is 2.32. The van der Waals surface area contributed by atoms with E-state index in [2.05, 4.69) is 15.9 Å². The van der Waals surface area contributed by atoms with Gasteiger partial charge in [-0.25, -0.2) is 0 Å². The molecule has 4 heteroatoms. The number of nitrogens with one attached hydrogen (secondary N) is 1. The molecule has 1 aromatic rings. The molecule has 0 amide bonds. The smallest absolute Gasteiger partial charge is 0.132 e. The van der Waals surface area contributed by atoms with Crippen LogP contribution in [-0.2, 0) is 0 Å². The fourth-order valence-corrected chi connectivity index (χ4v) is 1.74. The number of ether oxygens (including phenoxy) is 1. The van der Waals surface area contributed by atoms with Crippen molar-refractivity contribution in [3.63, 3.8) is 0 Å². The Morgan fingerprint density at radius 1 is 1.40 bits per heavy atom. The molecular formula is C11H15BrN2O. The lowest BCUT2D eigenvalue weighted by atomic mass is 10.1. The largest absolute Gasteiger partial charge is 0.487 e. The second kappa shape index (κ2) is 4.23. The van der Waals surface area contributed by atoms with Crippen molar-refractivity contribution in [1.29, 1.82) is 5.41 Å². The van der Waals surface area contributed by atoms with Crippen molar-refractivity contribution in [3.05, 3.63) is 28.2 Å². The van der Waals surface area contributed by atoms with E-state index in [4.69, 9.17) is 15.9 Å². The lowest BCUT2D eigenvalue weighted by molar-refractivity contribution is 0.130. The zero-order valence-corrected chi connectivity index (χ0v) is 10.7. The molecule has 0 fully saturated rings. The van der Waals surface area contributed by atoms with Crippen molar-refractivity contribution in [2.45, 2.75) is 26.4 Å². The summed E-state index contributed by atoms with van der Waals surface area (Å²) in [7, 11) is 0. The molecule has 3 N–H and O–H groups in total. The van der Waals surface area contributed by atoms with Crippen molar-refractivity contribution in [1.82, 2.24) is 0 Å². The number of rotatable bonds is 2. The minimum atomic E-state index is -0.301. The highest BCUT2D eigenvalue weighted by molar-refractivity contribution is 9.10. The first-order chi connectivity index (χ1) is 6.81. The predicted molar refractivity (Wildman–Crippen MR) is 65.5 cm³/mol. The SMILES string of the molecule is CC(C)(C)Oc1cccc(Br)c1C(=N)N. The van der Waals surface area contributed by atoms with Gasteiger partial charge in [0.15, 0.2) is 0 Å². The van der Waals surface area contributed by atoms with E-state index >= 15 is 0 Å². The molecule has 0 aliphatic rings. The van der Waals surface area contributed by atoms with Gasteiger partial charge in [0.2, 0.25) is 0 Å². The Kier molecular flexibility index (Phi) is 3.39. The number of hydrogen-bond donors (Lipinski definition) is 2. The summed E-state index contributed by atoms with van der Waals surface area (Å²) >= 11 is 3.35. The Morgan fingerprint density at radius 2 is 2.00 bits per heavy atom. The summed E-state index contributed by atoms with van der Waals surface area (Å²) in [6.45, 7) is 5.87. The quantitative estimate of drug-likeness (QED) is 0.641. The molecule has 15 heavy (non-hydrogen) atoms. The Bertz CT molecular complexity index is 383. The van der Waals surface area contributed by atoms with Gasteiger partial charge in [0, 0.05) is 4.47 Å². The number of nitrogen functional groups attached to an aromatic ring is 1. The number of halogens is 1. The van der Waals surface area contributed by atoms with Crippen molar-refractivity contribution < 1.29 is 4.74 Å². The molecule has 0 saturated carbocycles. The maximum atomic E-state index is 7.49. The third-order valence-electron chi connectivity index (χ3n) is 1.66. The Balaban J connectivity index is 3.18. The van der Waals surface area contributed by atoms with Crippen molar-refractivity contribution in [3.8, 4) is 5.75 Å². The molecular weight excluding hydrogens is 256 g/mol. The first kappa shape index (κ1) is 12.0. The van der Waals surface area contributed by atoms with Crippen LogP contribution in [0.25, 0.3) is 0 Å². The van der Waals surface area contributed by atoms with Gasteiger partial charge in [-0.2, -0.15) is 0 Å². The van der Waals surface area contributed by atoms with Crippen molar-refractivity contribution >= 4 is 21.8 Å². The highest BCUT2D eigenvalue weighted by Gasteiger charge is 2.17. The van der Waals surface area contributed by atoms with Crippen LogP contribution in [0, 0.1) is 5.41 Å². The summed E-state index contributed by atoms with van der Waals surface area (Å²) in [5.74, 6) is 0.631. The van der Waals surface area contributed by atoms with Gasteiger partial charge in [0.25, 0.3) is 0 Å². The van der Waals surface area contributed by atoms with Gasteiger partial charge in [-0.3, -0.25) is 5.41 Å². The number of hydrogen-bond acceptors (Lipinski definition) is 2. The summed E-state index contributed by atoms with van der Waals surface area (Å²) in [5.41, 5.74) is 5.81. The maximum Gasteiger partial charge on any atom is 0.132 e. The molecule has 3 nitrogen and oxygen atoms in total. The summed E-state index contributed by atoms with van der Waals surface area (Å²) < 4.78 is 6.50. The second-order valence-corrected chi connectivity index (χ2v) is 5.10. The molecule has 0 radical (unpaired) electrons. The van der Waals surface area contributed by atoms with Gasteiger partial charge >= 0.3 is 0 Å². The lowest BCUT2D eigenvalue weighted by Gasteiger charge is -2.23. The molecule has 0 spiro atoms. The van der Waals surface area contributed by atoms with Crippen molar-refractivity contribution in [2.75, 3.05) is 0 Å². The van der Waals surface area contributed by atoms with Crippen LogP contribution in [0.5, 0.6) is 5.75 Å². The minimum absolute atomic E-state index is 0.00160. The monoisotopic (exact) mass is 270 g/mol. The van der Waals surface area contributed by atoms with E-state index in [1.807, 2.05) is 39.0 Å². The van der Waals surface area contributed by atoms with Gasteiger partial charge in [-0.15, -0.1) is 0 Å². The molecule has 0 unspecified atom stereocenters. The first-order valence-corrected chi connectivity index (χ1v) is 5.42. The van der Waals surface area contributed by atoms with Gasteiger partial charge in [-0.1, -0.05) is 6.07 Å². The average molecular weight is 271 g/mol. The number of amidine groups is 1. The van der Waals surface area contributed by atoms with E-state index in [0.717, 1.165) is 4.47 Å². The van der Waals surface area contributed by atoms with Gasteiger partial charge in [0.05, 0.1) is 5.56 Å². The van der Waals surface area contributed by atoms with E-state index in [0.29, 0.717) is 11.3 Å². The fraction of sp³-hybridized carbons (Fsp3) is 0.364. The molecule has 0 aliphatic heterocycles. The molecule has 0 atom stereocenters. The maximum absolute atomic E-state index is 7.49. The molecule has 1 aromatic carbocycles. The normalized spacial score (nSPS) is 11.2. The molecule has 0 heterocycles. The molecule has 0 bridgehead atoms. The topological polar surface area (TPSA) is 59.1 Å². The molecule has 0 aromatic heterocycles. The number of nitrogens with two attached hydrogens (primary N) is 1. The molecule has 0 aliphatic carbocycles. The highest BCUT2D eigenvalue weighted by atomic mass is 79.9. The lowest BCUT2D eigenvalue weighted by Crippen LogP contribution is -2.25. The Hall–Kier alpha value is -1.03. The van der Waals surface area contributed by atoms with Gasteiger partial charge < -0.3 is 10.5 Å². The van der Waals surface area contributed by atoms with Crippen molar-refractivity contribution in [2.24, 2.45) is 5.73 Å². The fourth-order valence-electron chi connectivity index (χ4n) is 1.18. The van der Waals surface area contributed by atoms with Crippen LogP contribution < -0.4 is 10.5 Å². The van der Waals surface area contributed by atoms with E-state index in [1.54, 1.807) is 0 Å². The Labute approximate surface area is 98.3 Å². The van der Waals surface area contributed by atoms with Crippen LogP contribution in [0.4, 0.5) is 0 Å². The third kappa shape index (κ3) is 3.23.